The predicted octanol–water partition coefficient (Wildman–Crippen LogP) is 4.26. The van der Waals surface area contributed by atoms with E-state index in [-0.39, 0.29) is 5.91 Å². The molecule has 3 nitrogen and oxygen atoms in total. The predicted molar refractivity (Wildman–Crippen MR) is 108 cm³/mol. The zero-order chi connectivity index (χ0) is 16.4. The van der Waals surface area contributed by atoms with Gasteiger partial charge in [-0.2, -0.15) is 0 Å². The van der Waals surface area contributed by atoms with Gasteiger partial charge in [-0.1, -0.05) is 43.2 Å². The molecule has 1 amide bonds. The van der Waals surface area contributed by atoms with Crippen molar-refractivity contribution >= 4 is 36.1 Å². The highest BCUT2D eigenvalue weighted by atomic mass is 127. The highest BCUT2D eigenvalue weighted by molar-refractivity contribution is 14.2. The Labute approximate surface area is 153 Å². The van der Waals surface area contributed by atoms with Crippen molar-refractivity contribution in [2.45, 2.75) is 25.7 Å². The molecule has 1 saturated heterocycles. The molecule has 0 atom stereocenters. The van der Waals surface area contributed by atoms with Crippen LogP contribution >= 0.6 is 21.0 Å². The van der Waals surface area contributed by atoms with Crippen molar-refractivity contribution in [1.29, 1.82) is 0 Å². The first-order valence-corrected chi connectivity index (χ1v) is 10.7. The van der Waals surface area contributed by atoms with E-state index >= 15 is 0 Å². The summed E-state index contributed by atoms with van der Waals surface area (Å²) < 4.78 is 4.41. The molecule has 2 heterocycles. The van der Waals surface area contributed by atoms with Gasteiger partial charge in [-0.25, -0.2) is 0 Å². The van der Waals surface area contributed by atoms with Crippen molar-refractivity contribution in [2.24, 2.45) is 0 Å². The van der Waals surface area contributed by atoms with Gasteiger partial charge in [-0.05, 0) is 36.6 Å². The Balaban J connectivity index is 1.62. The number of anilines is 1. The molecule has 1 fully saturated rings. The number of carbonyl (C=O) groups excluding carboxylic acids is 1. The Bertz CT molecular complexity index is 774. The third kappa shape index (κ3) is 3.11. The molecule has 0 spiro atoms. The molecular weight excluding hydrogens is 411 g/mol. The smallest absolute Gasteiger partial charge is 0.260 e. The van der Waals surface area contributed by atoms with Gasteiger partial charge in [0.05, 0.1) is 0 Å². The SMILES string of the molecule is O=C1NI=C(c2ccc(N3CCCCCC3)cc2)c2ccccc21. The topological polar surface area (TPSA) is 32.3 Å². The van der Waals surface area contributed by atoms with Crippen LogP contribution in [0.3, 0.4) is 0 Å². The zero-order valence-electron chi connectivity index (χ0n) is 13.6. The molecular formula is C20H21IN2O. The van der Waals surface area contributed by atoms with Crippen LogP contribution in [0.2, 0.25) is 0 Å². The number of fused-ring (bicyclic) bond motifs is 1. The van der Waals surface area contributed by atoms with Gasteiger partial charge in [0.2, 0.25) is 0 Å². The molecule has 0 saturated carbocycles. The first kappa shape index (κ1) is 15.8. The van der Waals surface area contributed by atoms with E-state index in [4.69, 9.17) is 0 Å². The van der Waals surface area contributed by atoms with Gasteiger partial charge in [0.25, 0.3) is 5.91 Å². The van der Waals surface area contributed by atoms with Gasteiger partial charge in [0.1, 0.15) is 0 Å². The van der Waals surface area contributed by atoms with Crippen molar-refractivity contribution in [2.75, 3.05) is 18.0 Å². The Kier molecular flexibility index (Phi) is 4.65. The molecule has 124 valence electrons. The Morgan fingerprint density at radius 1 is 0.833 bits per heavy atom. The molecule has 0 bridgehead atoms. The van der Waals surface area contributed by atoms with E-state index < -0.39 is 21.0 Å². The van der Waals surface area contributed by atoms with E-state index in [2.05, 4.69) is 38.8 Å². The van der Waals surface area contributed by atoms with Crippen LogP contribution in [-0.2, 0) is 0 Å². The highest BCUT2D eigenvalue weighted by Gasteiger charge is 2.20. The molecule has 2 aliphatic heterocycles. The lowest BCUT2D eigenvalue weighted by Gasteiger charge is -2.23. The second kappa shape index (κ2) is 7.05. The summed E-state index contributed by atoms with van der Waals surface area (Å²) in [5.74, 6) is 0.0725. The van der Waals surface area contributed by atoms with E-state index in [1.165, 1.54) is 53.5 Å². The van der Waals surface area contributed by atoms with Crippen molar-refractivity contribution < 1.29 is 4.79 Å². The van der Waals surface area contributed by atoms with Crippen LogP contribution < -0.4 is 8.43 Å². The molecule has 0 unspecified atom stereocenters. The molecule has 0 aromatic heterocycles. The van der Waals surface area contributed by atoms with Crippen LogP contribution in [0.1, 0.15) is 47.2 Å². The molecule has 24 heavy (non-hydrogen) atoms. The molecule has 0 radical (unpaired) electrons. The second-order valence-corrected chi connectivity index (χ2v) is 8.48. The third-order valence-electron chi connectivity index (χ3n) is 4.73. The van der Waals surface area contributed by atoms with E-state index in [0.717, 1.165) is 11.1 Å². The lowest BCUT2D eigenvalue weighted by Crippen LogP contribution is -2.24. The fourth-order valence-corrected chi connectivity index (χ4v) is 5.66. The first-order valence-electron chi connectivity index (χ1n) is 8.59. The Hall–Kier alpha value is -1.69. The summed E-state index contributed by atoms with van der Waals surface area (Å²) in [6.45, 7) is 2.34. The molecule has 1 N–H and O–H groups in total. The number of halogens is 1. The number of nitrogens with zero attached hydrogens (tertiary/aromatic N) is 1. The molecule has 4 heteroatoms. The van der Waals surface area contributed by atoms with Crippen LogP contribution in [0.5, 0.6) is 0 Å². The lowest BCUT2D eigenvalue weighted by atomic mass is 9.99. The van der Waals surface area contributed by atoms with Crippen LogP contribution in [0.4, 0.5) is 5.69 Å². The number of hydrogen-bond acceptors (Lipinski definition) is 2. The van der Waals surface area contributed by atoms with Crippen LogP contribution in [-0.4, -0.2) is 22.5 Å². The summed E-state index contributed by atoms with van der Waals surface area (Å²) in [5.41, 5.74) is 4.48. The van der Waals surface area contributed by atoms with Gasteiger partial charge < -0.3 is 4.90 Å². The normalized spacial score (nSPS) is 17.9. The summed E-state index contributed by atoms with van der Waals surface area (Å²) >= 11 is -0.485. The van der Waals surface area contributed by atoms with Gasteiger partial charge >= 0.3 is 0 Å². The van der Waals surface area contributed by atoms with E-state index in [0.29, 0.717) is 0 Å². The summed E-state index contributed by atoms with van der Waals surface area (Å²) in [7, 11) is 0. The van der Waals surface area contributed by atoms with E-state index in [9.17, 15) is 4.79 Å². The largest absolute Gasteiger partial charge is 0.372 e. The summed E-state index contributed by atoms with van der Waals surface area (Å²) in [5, 5.41) is 0. The zero-order valence-corrected chi connectivity index (χ0v) is 15.8. The number of amides is 1. The minimum Gasteiger partial charge on any atom is -0.372 e. The van der Waals surface area contributed by atoms with Crippen molar-refractivity contribution in [3.8, 4) is 0 Å². The Morgan fingerprint density at radius 2 is 1.50 bits per heavy atom. The lowest BCUT2D eigenvalue weighted by molar-refractivity contribution is 0.0989. The minimum absolute atomic E-state index is 0.0725. The second-order valence-electron chi connectivity index (χ2n) is 6.33. The quantitative estimate of drug-likeness (QED) is 0.568. The summed E-state index contributed by atoms with van der Waals surface area (Å²) in [4.78, 5) is 14.6. The average molecular weight is 432 g/mol. The standard InChI is InChI=1S/C20H21IN2O/c24-20-18-8-4-3-7-17(18)19(21-22-20)15-9-11-16(12-10-15)23-13-5-1-2-6-14-23/h3-4,7-12H,1-2,5-6,13-14H2,(H,22,24). The number of hydrogen-bond donors (Lipinski definition) is 1. The molecule has 2 aromatic rings. The maximum absolute atomic E-state index is 12.1. The van der Waals surface area contributed by atoms with Gasteiger partial charge in [-0.15, -0.1) is 0 Å². The fourth-order valence-electron chi connectivity index (χ4n) is 3.42. The van der Waals surface area contributed by atoms with Crippen molar-refractivity contribution in [3.63, 3.8) is 0 Å². The van der Waals surface area contributed by atoms with Gasteiger partial charge in [0, 0.05) is 54.4 Å². The molecule has 0 aliphatic carbocycles. The minimum atomic E-state index is -0.485. The Morgan fingerprint density at radius 3 is 2.21 bits per heavy atom. The van der Waals surface area contributed by atoms with Crippen LogP contribution in [0.15, 0.2) is 48.5 Å². The number of benzene rings is 2. The summed E-state index contributed by atoms with van der Waals surface area (Å²) in [6, 6.07) is 16.9. The highest BCUT2D eigenvalue weighted by Crippen LogP contribution is 2.26. The number of nitrogens with one attached hydrogen (secondary N) is 1. The average Bonchev–Trinajstić information content (AvgIpc) is 2.92. The molecule has 4 rings (SSSR count). The fraction of sp³-hybridized carbons (Fsp3) is 0.300. The maximum atomic E-state index is 12.1. The van der Waals surface area contributed by atoms with Crippen LogP contribution in [0.25, 0.3) is 0 Å². The number of carbonyl (C=O) groups is 1. The van der Waals surface area contributed by atoms with E-state index in [1.54, 1.807) is 0 Å². The first-order chi connectivity index (χ1) is 11.8. The molecule has 2 aromatic carbocycles. The van der Waals surface area contributed by atoms with Gasteiger partial charge in [0.15, 0.2) is 0 Å². The molecule has 2 aliphatic rings. The van der Waals surface area contributed by atoms with E-state index in [1.807, 2.05) is 18.2 Å². The van der Waals surface area contributed by atoms with Gasteiger partial charge in [-0.3, -0.25) is 8.32 Å². The monoisotopic (exact) mass is 432 g/mol. The van der Waals surface area contributed by atoms with Crippen molar-refractivity contribution in [3.05, 3.63) is 65.2 Å². The summed E-state index contributed by atoms with van der Waals surface area (Å²) in [6.07, 6.45) is 5.30. The third-order valence-corrected chi connectivity index (χ3v) is 7.23. The number of rotatable bonds is 2. The van der Waals surface area contributed by atoms with Crippen LogP contribution in [0, 0.1) is 0 Å². The maximum Gasteiger partial charge on any atom is 0.260 e. The van der Waals surface area contributed by atoms with Crippen molar-refractivity contribution in [1.82, 2.24) is 3.53 Å².